The molecule has 1 aromatic rings. The summed E-state index contributed by atoms with van der Waals surface area (Å²) < 4.78 is 12.6. The van der Waals surface area contributed by atoms with Gasteiger partial charge in [-0.05, 0) is 6.07 Å². The molecule has 15 heavy (non-hydrogen) atoms. The van der Waals surface area contributed by atoms with Gasteiger partial charge in [-0.2, -0.15) is 0 Å². The van der Waals surface area contributed by atoms with Crippen LogP contribution in [0, 0.1) is 0 Å². The summed E-state index contributed by atoms with van der Waals surface area (Å²) >= 11 is 0. The van der Waals surface area contributed by atoms with E-state index in [1.807, 2.05) is 0 Å². The zero-order valence-electron chi connectivity index (χ0n) is 7.96. The standard InChI is InChI=1S/C9H11NO4S/c11-8-3-1-2-4-10(8)5-6-15(14)7-9(12)13/h1-4H,5-7H2,(H,12,13). The Labute approximate surface area is 88.8 Å². The van der Waals surface area contributed by atoms with Crippen molar-refractivity contribution in [1.82, 2.24) is 4.57 Å². The first-order valence-corrected chi connectivity index (χ1v) is 5.80. The largest absolute Gasteiger partial charge is 0.481 e. The fraction of sp³-hybridized carbons (Fsp3) is 0.333. The summed E-state index contributed by atoms with van der Waals surface area (Å²) in [5.41, 5.74) is -0.176. The number of hydrogen-bond acceptors (Lipinski definition) is 3. The minimum atomic E-state index is -1.42. The lowest BCUT2D eigenvalue weighted by Crippen LogP contribution is -2.22. The Balaban J connectivity index is 2.51. The molecule has 0 saturated carbocycles. The molecule has 5 nitrogen and oxygen atoms in total. The summed E-state index contributed by atoms with van der Waals surface area (Å²) in [6, 6.07) is 4.72. The van der Waals surface area contributed by atoms with Gasteiger partial charge in [0.05, 0.1) is 0 Å². The molecule has 0 bridgehead atoms. The van der Waals surface area contributed by atoms with Gasteiger partial charge < -0.3 is 9.67 Å². The Kier molecular flexibility index (Phi) is 4.23. The maximum atomic E-state index is 11.2. The minimum Gasteiger partial charge on any atom is -0.481 e. The van der Waals surface area contributed by atoms with Gasteiger partial charge >= 0.3 is 5.97 Å². The summed E-state index contributed by atoms with van der Waals surface area (Å²) in [6.45, 7) is 0.277. The normalized spacial score (nSPS) is 12.3. The molecule has 1 aromatic heterocycles. The topological polar surface area (TPSA) is 76.4 Å². The van der Waals surface area contributed by atoms with Gasteiger partial charge in [0, 0.05) is 35.4 Å². The monoisotopic (exact) mass is 229 g/mol. The van der Waals surface area contributed by atoms with E-state index >= 15 is 0 Å². The number of carbonyl (C=O) groups is 1. The number of hydrogen-bond donors (Lipinski definition) is 1. The Morgan fingerprint density at radius 3 is 2.80 bits per heavy atom. The van der Waals surface area contributed by atoms with Crippen molar-refractivity contribution in [3.8, 4) is 0 Å². The summed E-state index contributed by atoms with van der Waals surface area (Å²) in [6.07, 6.45) is 1.58. The van der Waals surface area contributed by atoms with Gasteiger partial charge in [-0.25, -0.2) is 0 Å². The van der Waals surface area contributed by atoms with E-state index in [1.54, 1.807) is 18.3 Å². The highest BCUT2D eigenvalue weighted by atomic mass is 32.2. The van der Waals surface area contributed by atoms with Crippen LogP contribution in [-0.2, 0) is 22.1 Å². The molecule has 0 aliphatic rings. The van der Waals surface area contributed by atoms with E-state index in [0.29, 0.717) is 0 Å². The van der Waals surface area contributed by atoms with Gasteiger partial charge in [-0.15, -0.1) is 0 Å². The number of nitrogens with zero attached hydrogens (tertiary/aromatic N) is 1. The maximum Gasteiger partial charge on any atom is 0.316 e. The van der Waals surface area contributed by atoms with Crippen LogP contribution in [0.3, 0.4) is 0 Å². The van der Waals surface area contributed by atoms with Crippen LogP contribution in [0.2, 0.25) is 0 Å². The molecule has 0 radical (unpaired) electrons. The molecule has 1 N–H and O–H groups in total. The van der Waals surface area contributed by atoms with Crippen LogP contribution in [0.15, 0.2) is 29.2 Å². The van der Waals surface area contributed by atoms with E-state index in [0.717, 1.165) is 0 Å². The van der Waals surface area contributed by atoms with Crippen molar-refractivity contribution in [2.24, 2.45) is 0 Å². The molecular formula is C9H11NO4S. The zero-order valence-corrected chi connectivity index (χ0v) is 8.77. The molecule has 1 heterocycles. The SMILES string of the molecule is O=C(O)CS(=O)CCn1ccccc1=O. The van der Waals surface area contributed by atoms with E-state index < -0.39 is 16.8 Å². The van der Waals surface area contributed by atoms with Gasteiger partial charge in [0.15, 0.2) is 0 Å². The highest BCUT2D eigenvalue weighted by Gasteiger charge is 2.05. The molecule has 0 aliphatic heterocycles. The van der Waals surface area contributed by atoms with Gasteiger partial charge in [0.25, 0.3) is 5.56 Å². The molecular weight excluding hydrogens is 218 g/mol. The quantitative estimate of drug-likeness (QED) is 0.750. The second kappa shape index (κ2) is 5.45. The average Bonchev–Trinajstić information content (AvgIpc) is 2.15. The number of carboxylic acids is 1. The molecule has 0 aromatic carbocycles. The fourth-order valence-electron chi connectivity index (χ4n) is 1.06. The number of aliphatic carboxylic acids is 1. The molecule has 0 amide bonds. The van der Waals surface area contributed by atoms with Gasteiger partial charge in [-0.3, -0.25) is 13.8 Å². The van der Waals surface area contributed by atoms with Gasteiger partial charge in [-0.1, -0.05) is 6.07 Å². The molecule has 82 valence electrons. The first kappa shape index (κ1) is 11.6. The van der Waals surface area contributed by atoms with E-state index in [9.17, 15) is 13.8 Å². The molecule has 0 spiro atoms. The molecule has 6 heteroatoms. The van der Waals surface area contributed by atoms with E-state index in [2.05, 4.69) is 0 Å². The molecule has 1 unspecified atom stereocenters. The van der Waals surface area contributed by atoms with Crippen LogP contribution in [0.25, 0.3) is 0 Å². The van der Waals surface area contributed by atoms with Crippen molar-refractivity contribution >= 4 is 16.8 Å². The maximum absolute atomic E-state index is 11.2. The third-order valence-electron chi connectivity index (χ3n) is 1.74. The van der Waals surface area contributed by atoms with Crippen molar-refractivity contribution in [3.63, 3.8) is 0 Å². The van der Waals surface area contributed by atoms with E-state index in [4.69, 9.17) is 5.11 Å². The number of carboxylic acid groups (broad SMARTS) is 1. The highest BCUT2D eigenvalue weighted by molar-refractivity contribution is 7.85. The predicted molar refractivity (Wildman–Crippen MR) is 56.2 cm³/mol. The van der Waals surface area contributed by atoms with Crippen molar-refractivity contribution in [1.29, 1.82) is 0 Å². The van der Waals surface area contributed by atoms with Crippen molar-refractivity contribution < 1.29 is 14.1 Å². The Bertz CT molecular complexity index is 426. The second-order valence-electron chi connectivity index (χ2n) is 2.91. The van der Waals surface area contributed by atoms with Crippen LogP contribution in [0.4, 0.5) is 0 Å². The van der Waals surface area contributed by atoms with Crippen LogP contribution in [0.1, 0.15) is 0 Å². The first-order chi connectivity index (χ1) is 7.09. The molecule has 1 rings (SSSR count). The number of aromatic nitrogens is 1. The smallest absolute Gasteiger partial charge is 0.316 e. The van der Waals surface area contributed by atoms with Crippen LogP contribution in [-0.4, -0.2) is 31.4 Å². The molecule has 0 aliphatic carbocycles. The van der Waals surface area contributed by atoms with E-state index in [1.165, 1.54) is 10.6 Å². The summed E-state index contributed by atoms with van der Waals surface area (Å²) in [5.74, 6) is -1.29. The fourth-order valence-corrected chi connectivity index (χ4v) is 1.88. The summed E-state index contributed by atoms with van der Waals surface area (Å²) in [5, 5.41) is 8.37. The van der Waals surface area contributed by atoms with Crippen molar-refractivity contribution in [2.45, 2.75) is 6.54 Å². The lowest BCUT2D eigenvalue weighted by molar-refractivity contribution is -0.133. The lowest BCUT2D eigenvalue weighted by Gasteiger charge is -2.03. The third-order valence-corrected chi connectivity index (χ3v) is 2.95. The highest BCUT2D eigenvalue weighted by Crippen LogP contribution is 1.87. The number of pyridine rings is 1. The zero-order chi connectivity index (χ0) is 11.3. The summed E-state index contributed by atoms with van der Waals surface area (Å²) in [7, 11) is -1.42. The van der Waals surface area contributed by atoms with Gasteiger partial charge in [0.1, 0.15) is 5.75 Å². The Morgan fingerprint density at radius 2 is 2.20 bits per heavy atom. The van der Waals surface area contributed by atoms with Crippen LogP contribution < -0.4 is 5.56 Å². The summed E-state index contributed by atoms with van der Waals surface area (Å²) in [4.78, 5) is 21.4. The van der Waals surface area contributed by atoms with Crippen LogP contribution >= 0.6 is 0 Å². The van der Waals surface area contributed by atoms with Gasteiger partial charge in [0.2, 0.25) is 0 Å². The van der Waals surface area contributed by atoms with Crippen LogP contribution in [0.5, 0.6) is 0 Å². The first-order valence-electron chi connectivity index (χ1n) is 4.32. The lowest BCUT2D eigenvalue weighted by atomic mass is 10.5. The third kappa shape index (κ3) is 4.07. The molecule has 1 atom stereocenters. The van der Waals surface area contributed by atoms with Crippen molar-refractivity contribution in [3.05, 3.63) is 34.7 Å². The molecule has 0 fully saturated rings. The Morgan fingerprint density at radius 1 is 1.47 bits per heavy atom. The second-order valence-corrected chi connectivity index (χ2v) is 4.49. The Hall–Kier alpha value is -1.43. The average molecular weight is 229 g/mol. The molecule has 0 saturated heterocycles. The van der Waals surface area contributed by atoms with Crippen molar-refractivity contribution in [2.75, 3.05) is 11.5 Å². The predicted octanol–water partition coefficient (Wildman–Crippen LogP) is -0.318. The van der Waals surface area contributed by atoms with E-state index in [-0.39, 0.29) is 23.6 Å². The minimum absolute atomic E-state index is 0.176. The number of rotatable bonds is 5. The number of aryl methyl sites for hydroxylation is 1.